The predicted octanol–water partition coefficient (Wildman–Crippen LogP) is 0.816. The van der Waals surface area contributed by atoms with E-state index in [2.05, 4.69) is 6.92 Å². The van der Waals surface area contributed by atoms with Crippen LogP contribution in [-0.2, 0) is 0 Å². The van der Waals surface area contributed by atoms with Gasteiger partial charge >= 0.3 is 49.2 Å². The van der Waals surface area contributed by atoms with E-state index in [-0.39, 0.29) is 0 Å². The van der Waals surface area contributed by atoms with E-state index in [0.29, 0.717) is 0 Å². The second-order valence-corrected chi connectivity index (χ2v) is 3.59. The molecule has 0 aromatic carbocycles. The molecule has 0 amide bonds. The monoisotopic (exact) mass is 194 g/mol. The third-order valence-electron chi connectivity index (χ3n) is 0.642. The van der Waals surface area contributed by atoms with E-state index < -0.39 is 21.6 Å². The van der Waals surface area contributed by atoms with Crippen molar-refractivity contribution in [2.45, 2.75) is 24.2 Å². The Labute approximate surface area is 49.5 Å². The maximum atomic E-state index is 8.37. The van der Waals surface area contributed by atoms with Crippen LogP contribution in [0.2, 0.25) is 4.44 Å². The van der Waals surface area contributed by atoms with Gasteiger partial charge in [0, 0.05) is 0 Å². The summed E-state index contributed by atoms with van der Waals surface area (Å²) in [6.07, 6.45) is 2.48. The summed E-state index contributed by atoms with van der Waals surface area (Å²) in [7, 11) is 0. The molecule has 1 N–H and O–H groups in total. The van der Waals surface area contributed by atoms with Gasteiger partial charge in [-0.2, -0.15) is 0 Å². The maximum absolute atomic E-state index is 8.37. The van der Waals surface area contributed by atoms with Crippen molar-refractivity contribution in [3.63, 3.8) is 0 Å². The molecule has 0 unspecified atom stereocenters. The second kappa shape index (κ2) is 5.76. The average molecular weight is 193 g/mol. The molecular weight excluding hydrogens is 183 g/mol. The van der Waals surface area contributed by atoms with Gasteiger partial charge in [0.25, 0.3) is 0 Å². The summed E-state index contributed by atoms with van der Waals surface area (Å²) in [5, 5.41) is 0. The Morgan fingerprint density at radius 3 is 2.50 bits per heavy atom. The van der Waals surface area contributed by atoms with Gasteiger partial charge < -0.3 is 0 Å². The fourth-order valence-corrected chi connectivity index (χ4v) is 1.72. The first kappa shape index (κ1) is 6.76. The normalized spacial score (nSPS) is 9.00. The molecule has 0 aromatic rings. The zero-order chi connectivity index (χ0) is 4.83. The van der Waals surface area contributed by atoms with Gasteiger partial charge in [-0.05, 0) is 0 Å². The van der Waals surface area contributed by atoms with Crippen LogP contribution in [-0.4, -0.2) is 25.0 Å². The molecule has 0 atom stereocenters. The molecule has 1 nitrogen and oxygen atoms in total. The van der Waals surface area contributed by atoms with Crippen molar-refractivity contribution in [3.05, 3.63) is 0 Å². The van der Waals surface area contributed by atoms with Gasteiger partial charge in [-0.25, -0.2) is 0 Å². The van der Waals surface area contributed by atoms with Crippen molar-refractivity contribution in [1.29, 1.82) is 0 Å². The average Bonchev–Trinajstić information content (AvgIpc) is 1.61. The van der Waals surface area contributed by atoms with E-state index in [1.165, 1.54) is 12.8 Å². The van der Waals surface area contributed by atoms with Gasteiger partial charge in [0.2, 0.25) is 0 Å². The summed E-state index contributed by atoms with van der Waals surface area (Å²) in [6.45, 7) is 2.15. The standard InChI is InChI=1S/C4H9.H2O.Sn/c1-3-4-2;;/h1,3-4H2,2H3;1H2;/q;;+1/p-1. The Balaban J connectivity index is 2.34. The molecule has 36 valence electrons. The van der Waals surface area contributed by atoms with Crippen LogP contribution in [0.5, 0.6) is 0 Å². The van der Waals surface area contributed by atoms with E-state index in [4.69, 9.17) is 3.44 Å². The van der Waals surface area contributed by atoms with Gasteiger partial charge in [0.05, 0.1) is 0 Å². The van der Waals surface area contributed by atoms with Crippen molar-refractivity contribution >= 4 is 21.6 Å². The van der Waals surface area contributed by atoms with Gasteiger partial charge in [0.1, 0.15) is 0 Å². The van der Waals surface area contributed by atoms with Crippen LogP contribution in [0.25, 0.3) is 0 Å². The molecule has 0 saturated carbocycles. The Hall–Kier alpha value is 0.759. The van der Waals surface area contributed by atoms with Gasteiger partial charge in [0.15, 0.2) is 0 Å². The first-order valence-corrected chi connectivity index (χ1v) is 5.58. The summed E-state index contributed by atoms with van der Waals surface area (Å²) in [5.74, 6) is 0. The van der Waals surface area contributed by atoms with Crippen LogP contribution >= 0.6 is 0 Å². The van der Waals surface area contributed by atoms with E-state index >= 15 is 0 Å². The predicted molar refractivity (Wildman–Crippen MR) is 27.7 cm³/mol. The molecule has 0 aromatic heterocycles. The molecule has 0 saturated heterocycles. The zero-order valence-corrected chi connectivity index (χ0v) is 6.92. The quantitative estimate of drug-likeness (QED) is 0.519. The minimum absolute atomic E-state index is 0.810. The summed E-state index contributed by atoms with van der Waals surface area (Å²) in [4.78, 5) is 0. The van der Waals surface area contributed by atoms with E-state index in [1.54, 1.807) is 0 Å². The molecule has 6 heavy (non-hydrogen) atoms. The molecule has 0 spiro atoms. The molecule has 0 aliphatic rings. The molecule has 0 bridgehead atoms. The van der Waals surface area contributed by atoms with Crippen LogP contribution in [0.4, 0.5) is 0 Å². The Kier molecular flexibility index (Phi) is 6.49. The van der Waals surface area contributed by atoms with E-state index in [1.807, 2.05) is 0 Å². The zero-order valence-electron chi connectivity index (χ0n) is 4.07. The fraction of sp³-hybridized carbons (Fsp3) is 1.00. The van der Waals surface area contributed by atoms with Gasteiger partial charge in [-0.15, -0.1) is 0 Å². The second-order valence-electron chi connectivity index (χ2n) is 1.26. The third kappa shape index (κ3) is 4.76. The van der Waals surface area contributed by atoms with Crippen molar-refractivity contribution in [2.24, 2.45) is 0 Å². The molecule has 0 aliphatic heterocycles. The SMILES string of the molecule is CCC[CH2][Sn][OH]. The first-order chi connectivity index (χ1) is 2.91. The molecule has 2 heteroatoms. The van der Waals surface area contributed by atoms with Crippen LogP contribution in [0.15, 0.2) is 0 Å². The molecule has 0 aliphatic carbocycles. The first-order valence-electron chi connectivity index (χ1n) is 2.28. The minimum atomic E-state index is -0.810. The van der Waals surface area contributed by atoms with E-state index in [9.17, 15) is 0 Å². The van der Waals surface area contributed by atoms with Crippen LogP contribution in [0.1, 0.15) is 19.8 Å². The summed E-state index contributed by atoms with van der Waals surface area (Å²) in [5.41, 5.74) is 0. The number of hydrogen-bond donors (Lipinski definition) is 1. The fourth-order valence-electron chi connectivity index (χ4n) is 0.256. The summed E-state index contributed by atoms with van der Waals surface area (Å²) < 4.78 is 9.51. The molecule has 0 heterocycles. The Morgan fingerprint density at radius 1 is 1.67 bits per heavy atom. The van der Waals surface area contributed by atoms with Crippen LogP contribution < -0.4 is 0 Å². The number of hydrogen-bond acceptors (Lipinski definition) is 1. The molecular formula is C4H10OSn. The third-order valence-corrected chi connectivity index (χ3v) is 2.29. The van der Waals surface area contributed by atoms with Gasteiger partial charge in [-0.1, -0.05) is 0 Å². The number of unbranched alkanes of at least 4 members (excludes halogenated alkanes) is 1. The summed E-state index contributed by atoms with van der Waals surface area (Å²) >= 11 is -0.810. The summed E-state index contributed by atoms with van der Waals surface area (Å²) in [6, 6.07) is 0. The van der Waals surface area contributed by atoms with Crippen molar-refractivity contribution in [1.82, 2.24) is 0 Å². The number of rotatable bonds is 3. The van der Waals surface area contributed by atoms with E-state index in [0.717, 1.165) is 4.44 Å². The van der Waals surface area contributed by atoms with Gasteiger partial charge in [-0.3, -0.25) is 0 Å². The molecule has 0 rings (SSSR count). The molecule has 0 fully saturated rings. The Bertz CT molecular complexity index is 19.5. The van der Waals surface area contributed by atoms with Crippen molar-refractivity contribution in [3.8, 4) is 0 Å². The van der Waals surface area contributed by atoms with Crippen LogP contribution in [0.3, 0.4) is 0 Å². The topological polar surface area (TPSA) is 20.2 Å². The Morgan fingerprint density at radius 2 is 2.33 bits per heavy atom. The molecule has 2 radical (unpaired) electrons. The van der Waals surface area contributed by atoms with Crippen molar-refractivity contribution < 1.29 is 3.44 Å². The van der Waals surface area contributed by atoms with Crippen LogP contribution in [0, 0.1) is 0 Å². The van der Waals surface area contributed by atoms with Crippen molar-refractivity contribution in [2.75, 3.05) is 0 Å².